The summed E-state index contributed by atoms with van der Waals surface area (Å²) in [4.78, 5) is 4.23. The van der Waals surface area contributed by atoms with E-state index in [1.54, 1.807) is 13.9 Å². The van der Waals surface area contributed by atoms with Crippen molar-refractivity contribution in [3.05, 3.63) is 51.0 Å². The van der Waals surface area contributed by atoms with Crippen molar-refractivity contribution in [3.8, 4) is 0 Å². The number of hydrogen-bond donors (Lipinski definition) is 0. The zero-order valence-corrected chi connectivity index (χ0v) is 18.0. The summed E-state index contributed by atoms with van der Waals surface area (Å²) < 4.78 is 4.66. The van der Waals surface area contributed by atoms with Crippen LogP contribution in [0.25, 0.3) is 0 Å². The van der Waals surface area contributed by atoms with Crippen LogP contribution in [0.4, 0.5) is 0 Å². The number of halogens is 1. The zero-order chi connectivity index (χ0) is 14.3. The molecule has 0 unspecified atom stereocenters. The van der Waals surface area contributed by atoms with Gasteiger partial charge in [-0.2, -0.15) is 0 Å². The van der Waals surface area contributed by atoms with Crippen LogP contribution in [0.2, 0.25) is 0 Å². The Kier molecular flexibility index (Phi) is 5.70. The van der Waals surface area contributed by atoms with Crippen molar-refractivity contribution in [3.63, 3.8) is 0 Å². The molecular formula is C16H18IPS3. The Bertz CT molecular complexity index is 640. The van der Waals surface area contributed by atoms with Crippen LogP contribution >= 0.6 is 41.3 Å². The summed E-state index contributed by atoms with van der Waals surface area (Å²) >= 11 is 5.90. The lowest BCUT2D eigenvalue weighted by atomic mass is 10.5. The van der Waals surface area contributed by atoms with Crippen LogP contribution in [0, 0.1) is 20.8 Å². The Morgan fingerprint density at radius 3 is 1.10 bits per heavy atom. The van der Waals surface area contributed by atoms with Gasteiger partial charge in [-0.05, 0) is 57.2 Å². The van der Waals surface area contributed by atoms with E-state index in [2.05, 4.69) is 63.8 Å². The molecule has 3 rings (SSSR count). The Morgan fingerprint density at radius 1 is 0.619 bits per heavy atom. The van der Waals surface area contributed by atoms with Gasteiger partial charge in [0.1, 0.15) is 7.26 Å². The first-order chi connectivity index (χ1) is 9.50. The maximum absolute atomic E-state index is 2.48. The fourth-order valence-corrected chi connectivity index (χ4v) is 11.7. The molecule has 0 aliphatic carbocycles. The van der Waals surface area contributed by atoms with Crippen LogP contribution < -0.4 is 37.8 Å². The molecule has 3 heterocycles. The van der Waals surface area contributed by atoms with Crippen molar-refractivity contribution < 1.29 is 24.0 Å². The van der Waals surface area contributed by atoms with Crippen LogP contribution in [0.5, 0.6) is 0 Å². The first-order valence-electron chi connectivity index (χ1n) is 6.57. The molecule has 0 nitrogen and oxygen atoms in total. The van der Waals surface area contributed by atoms with Gasteiger partial charge in [0.25, 0.3) is 0 Å². The highest BCUT2D eigenvalue weighted by Crippen LogP contribution is 2.55. The molecule has 0 amide bonds. The molecule has 0 atom stereocenters. The molecule has 0 radical (unpaired) electrons. The zero-order valence-electron chi connectivity index (χ0n) is 12.5. The highest BCUT2D eigenvalue weighted by Gasteiger charge is 2.44. The van der Waals surface area contributed by atoms with E-state index in [0.29, 0.717) is 0 Å². The molecule has 0 N–H and O–H groups in total. The predicted molar refractivity (Wildman–Crippen MR) is 98.9 cm³/mol. The molecule has 3 aromatic rings. The smallest absolute Gasteiger partial charge is 0.158 e. The fraction of sp³-hybridized carbons (Fsp3) is 0.250. The second kappa shape index (κ2) is 6.79. The molecule has 112 valence electrons. The molecule has 0 saturated heterocycles. The van der Waals surface area contributed by atoms with Crippen LogP contribution in [0.3, 0.4) is 0 Å². The number of hydrogen-bond acceptors (Lipinski definition) is 3. The van der Waals surface area contributed by atoms with Gasteiger partial charge < -0.3 is 24.0 Å². The van der Waals surface area contributed by atoms with Gasteiger partial charge in [0, 0.05) is 14.6 Å². The Hall–Kier alpha value is 0.260. The first kappa shape index (κ1) is 17.6. The SMILES string of the molecule is Cc1ccc([P+](C)(c2ccc(C)s2)c2ccc(C)s2)s1.[I-]. The van der Waals surface area contributed by atoms with Crippen molar-refractivity contribution in [2.45, 2.75) is 20.8 Å². The summed E-state index contributed by atoms with van der Waals surface area (Å²) in [6, 6.07) is 13.8. The molecular weight excluding hydrogens is 446 g/mol. The van der Waals surface area contributed by atoms with Crippen molar-refractivity contribution >= 4 is 55.1 Å². The van der Waals surface area contributed by atoms with E-state index in [4.69, 9.17) is 0 Å². The van der Waals surface area contributed by atoms with Crippen molar-refractivity contribution in [1.82, 2.24) is 0 Å². The lowest BCUT2D eigenvalue weighted by Gasteiger charge is -2.17. The summed E-state index contributed by atoms with van der Waals surface area (Å²) in [7, 11) is -1.41. The normalized spacial score (nSPS) is 11.4. The summed E-state index contributed by atoms with van der Waals surface area (Å²) in [6.07, 6.45) is 0. The molecule has 21 heavy (non-hydrogen) atoms. The summed E-state index contributed by atoms with van der Waals surface area (Å²) in [6.45, 7) is 9.10. The highest BCUT2D eigenvalue weighted by molar-refractivity contribution is 8.03. The third-order valence-corrected chi connectivity index (χ3v) is 13.1. The third-order valence-electron chi connectivity index (χ3n) is 3.50. The topological polar surface area (TPSA) is 0 Å². The Balaban J connectivity index is 0.00000161. The maximum Gasteiger partial charge on any atom is 0.158 e. The van der Waals surface area contributed by atoms with Crippen molar-refractivity contribution in [2.24, 2.45) is 0 Å². The van der Waals surface area contributed by atoms with E-state index in [9.17, 15) is 0 Å². The molecule has 0 aliphatic rings. The van der Waals surface area contributed by atoms with E-state index in [0.717, 1.165) is 0 Å². The molecule has 0 fully saturated rings. The molecule has 5 heteroatoms. The van der Waals surface area contributed by atoms with Gasteiger partial charge in [-0.15, -0.1) is 34.0 Å². The second-order valence-electron chi connectivity index (χ2n) is 5.16. The van der Waals surface area contributed by atoms with Gasteiger partial charge >= 0.3 is 0 Å². The first-order valence-corrected chi connectivity index (χ1v) is 11.3. The van der Waals surface area contributed by atoms with Crippen molar-refractivity contribution in [1.29, 1.82) is 0 Å². The van der Waals surface area contributed by atoms with Gasteiger partial charge in [-0.3, -0.25) is 0 Å². The Labute approximate surface area is 156 Å². The van der Waals surface area contributed by atoms with Gasteiger partial charge in [0.05, 0.1) is 6.66 Å². The van der Waals surface area contributed by atoms with E-state index in [-0.39, 0.29) is 24.0 Å². The van der Waals surface area contributed by atoms with Crippen LogP contribution in [-0.4, -0.2) is 6.66 Å². The average Bonchev–Trinajstić information content (AvgIpc) is 3.10. The quantitative estimate of drug-likeness (QED) is 0.409. The van der Waals surface area contributed by atoms with E-state index < -0.39 is 7.26 Å². The fourth-order valence-electron chi connectivity index (χ4n) is 2.31. The molecule has 0 aromatic carbocycles. The highest BCUT2D eigenvalue weighted by atomic mass is 127. The average molecular weight is 464 g/mol. The number of aryl methyl sites for hydroxylation is 3. The minimum Gasteiger partial charge on any atom is -1.00 e. The second-order valence-corrected chi connectivity index (χ2v) is 13.4. The van der Waals surface area contributed by atoms with Crippen molar-refractivity contribution in [2.75, 3.05) is 6.66 Å². The summed E-state index contributed by atoms with van der Waals surface area (Å²) in [5, 5.41) is 0. The van der Waals surface area contributed by atoms with E-state index in [1.165, 1.54) is 14.6 Å². The molecule has 3 aromatic heterocycles. The minimum atomic E-state index is -1.41. The Morgan fingerprint density at radius 2 is 0.905 bits per heavy atom. The molecule has 0 aliphatic heterocycles. The van der Waals surface area contributed by atoms with Gasteiger partial charge in [-0.1, -0.05) is 0 Å². The maximum atomic E-state index is 2.48. The van der Waals surface area contributed by atoms with Crippen LogP contribution in [0.1, 0.15) is 14.6 Å². The van der Waals surface area contributed by atoms with Gasteiger partial charge in [0.2, 0.25) is 0 Å². The standard InChI is InChI=1S/C16H18PS3.HI/c1-11-5-8-14(18-11)17(4,15-9-6-12(2)19-15)16-10-7-13(3)20-16;/h5-10H,1-4H3;1H/q+1;/p-1. The monoisotopic (exact) mass is 464 g/mol. The van der Waals surface area contributed by atoms with E-state index >= 15 is 0 Å². The predicted octanol–water partition coefficient (Wildman–Crippen LogP) is 1.72. The minimum absolute atomic E-state index is 0. The lowest BCUT2D eigenvalue weighted by Crippen LogP contribution is -3.00. The molecule has 0 bridgehead atoms. The number of rotatable bonds is 3. The van der Waals surface area contributed by atoms with Crippen LogP contribution in [0.15, 0.2) is 36.4 Å². The summed E-state index contributed by atoms with van der Waals surface area (Å²) in [5.41, 5.74) is 0. The van der Waals surface area contributed by atoms with Gasteiger partial charge in [0.15, 0.2) is 13.9 Å². The number of thiophene rings is 3. The lowest BCUT2D eigenvalue weighted by molar-refractivity contribution is -0.00000392. The summed E-state index contributed by atoms with van der Waals surface area (Å²) in [5.74, 6) is 0. The largest absolute Gasteiger partial charge is 1.00 e. The molecule has 0 saturated carbocycles. The van der Waals surface area contributed by atoms with E-state index in [1.807, 2.05) is 34.0 Å². The molecule has 0 spiro atoms. The van der Waals surface area contributed by atoms with Crippen LogP contribution in [-0.2, 0) is 0 Å². The van der Waals surface area contributed by atoms with Gasteiger partial charge in [-0.25, -0.2) is 0 Å². The third kappa shape index (κ3) is 3.30.